The number of hydrogen-bond acceptors (Lipinski definition) is 5. The zero-order chi connectivity index (χ0) is 20.9. The van der Waals surface area contributed by atoms with Gasteiger partial charge in [-0.3, -0.25) is 4.79 Å². The second-order valence-corrected chi connectivity index (χ2v) is 8.30. The molecular formula is C24H26N2O3S. The molecule has 0 spiro atoms. The highest BCUT2D eigenvalue weighted by Gasteiger charge is 2.32. The van der Waals surface area contributed by atoms with Crippen molar-refractivity contribution in [2.24, 2.45) is 0 Å². The average molecular weight is 423 g/mol. The van der Waals surface area contributed by atoms with Gasteiger partial charge >= 0.3 is 0 Å². The van der Waals surface area contributed by atoms with Crippen molar-refractivity contribution >= 4 is 22.9 Å². The number of fused-ring (bicyclic) bond motifs is 1. The van der Waals surface area contributed by atoms with Gasteiger partial charge in [-0.25, -0.2) is 0 Å². The maximum Gasteiger partial charge on any atom is 0.249 e. The molecular weight excluding hydrogens is 396 g/mol. The van der Waals surface area contributed by atoms with Crippen LogP contribution in [0.3, 0.4) is 0 Å². The molecule has 30 heavy (non-hydrogen) atoms. The fourth-order valence-electron chi connectivity index (χ4n) is 3.92. The largest absolute Gasteiger partial charge is 0.497 e. The number of carbonyl (C=O) groups is 1. The summed E-state index contributed by atoms with van der Waals surface area (Å²) in [5, 5.41) is 5.57. The summed E-state index contributed by atoms with van der Waals surface area (Å²) in [6, 6.07) is 18.5. The Morgan fingerprint density at radius 1 is 1.17 bits per heavy atom. The summed E-state index contributed by atoms with van der Waals surface area (Å²) in [6.07, 6.45) is 0.902. The van der Waals surface area contributed by atoms with E-state index in [2.05, 4.69) is 47.1 Å². The van der Waals surface area contributed by atoms with E-state index in [4.69, 9.17) is 9.47 Å². The lowest BCUT2D eigenvalue weighted by Crippen LogP contribution is -2.41. The van der Waals surface area contributed by atoms with Gasteiger partial charge in [0.15, 0.2) is 0 Å². The Balaban J connectivity index is 1.52. The summed E-state index contributed by atoms with van der Waals surface area (Å²) in [7, 11) is 3.24. The van der Waals surface area contributed by atoms with Crippen molar-refractivity contribution in [3.8, 4) is 5.75 Å². The van der Waals surface area contributed by atoms with Crippen LogP contribution in [0.25, 0.3) is 0 Å². The lowest BCUT2D eigenvalue weighted by Gasteiger charge is -2.36. The van der Waals surface area contributed by atoms with E-state index in [0.29, 0.717) is 6.54 Å². The van der Waals surface area contributed by atoms with E-state index in [1.807, 2.05) is 23.1 Å². The molecule has 3 aromatic rings. The van der Waals surface area contributed by atoms with Gasteiger partial charge in [-0.2, -0.15) is 0 Å². The van der Waals surface area contributed by atoms with Crippen LogP contribution in [-0.2, 0) is 22.5 Å². The molecule has 0 saturated heterocycles. The summed E-state index contributed by atoms with van der Waals surface area (Å²) in [5.41, 5.74) is 4.54. The quantitative estimate of drug-likeness (QED) is 0.610. The minimum atomic E-state index is -0.0601. The van der Waals surface area contributed by atoms with Crippen LogP contribution in [0, 0.1) is 0 Å². The van der Waals surface area contributed by atoms with Crippen molar-refractivity contribution in [1.82, 2.24) is 4.90 Å². The Kier molecular flexibility index (Phi) is 6.35. The second kappa shape index (κ2) is 9.32. The molecule has 1 aromatic heterocycles. The standard InChI is InChI=1S/C24H26N2O3S/c1-28-16-23(27)26-12-10-22-21(11-13-30-22)24(26)18-6-8-19(9-7-18)25-15-17-4-3-5-20(14-17)29-2/h3-9,11,13-14,24-25H,10,12,15-16H2,1-2H3/t24-/m0/s1. The van der Waals surface area contributed by atoms with Gasteiger partial charge in [0.25, 0.3) is 0 Å². The summed E-state index contributed by atoms with van der Waals surface area (Å²) in [6.45, 7) is 1.54. The van der Waals surface area contributed by atoms with E-state index in [-0.39, 0.29) is 18.6 Å². The number of carbonyl (C=O) groups excluding carboxylic acids is 1. The molecule has 1 atom stereocenters. The number of benzene rings is 2. The topological polar surface area (TPSA) is 50.8 Å². The predicted octanol–water partition coefficient (Wildman–Crippen LogP) is 4.49. The molecule has 2 aromatic carbocycles. The molecule has 1 aliphatic rings. The Morgan fingerprint density at radius 3 is 2.77 bits per heavy atom. The monoisotopic (exact) mass is 422 g/mol. The summed E-state index contributed by atoms with van der Waals surface area (Å²) in [5.74, 6) is 0.883. The van der Waals surface area contributed by atoms with Crippen molar-refractivity contribution in [2.45, 2.75) is 19.0 Å². The Morgan fingerprint density at radius 2 is 2.00 bits per heavy atom. The van der Waals surface area contributed by atoms with Crippen molar-refractivity contribution in [3.63, 3.8) is 0 Å². The molecule has 1 amide bonds. The van der Waals surface area contributed by atoms with Gasteiger partial charge in [0.1, 0.15) is 12.4 Å². The van der Waals surface area contributed by atoms with E-state index in [1.54, 1.807) is 25.6 Å². The minimum Gasteiger partial charge on any atom is -0.497 e. The third-order valence-electron chi connectivity index (χ3n) is 5.41. The zero-order valence-corrected chi connectivity index (χ0v) is 18.1. The van der Waals surface area contributed by atoms with Crippen LogP contribution in [0.1, 0.15) is 27.6 Å². The first kappa shape index (κ1) is 20.4. The SMILES string of the molecule is COCC(=O)N1CCc2sccc2[C@@H]1c1ccc(NCc2cccc(OC)c2)cc1. The van der Waals surface area contributed by atoms with Crippen LogP contribution < -0.4 is 10.1 Å². The maximum atomic E-state index is 12.7. The predicted molar refractivity (Wildman–Crippen MR) is 120 cm³/mol. The average Bonchev–Trinajstić information content (AvgIpc) is 3.26. The Hall–Kier alpha value is -2.83. The van der Waals surface area contributed by atoms with Crippen molar-refractivity contribution < 1.29 is 14.3 Å². The number of methoxy groups -OCH3 is 2. The second-order valence-electron chi connectivity index (χ2n) is 7.30. The Labute approximate surface area is 181 Å². The van der Waals surface area contributed by atoms with Crippen LogP contribution in [0.15, 0.2) is 60.0 Å². The molecule has 0 saturated carbocycles. The van der Waals surface area contributed by atoms with Gasteiger partial charge < -0.3 is 19.7 Å². The van der Waals surface area contributed by atoms with E-state index in [9.17, 15) is 4.79 Å². The lowest BCUT2D eigenvalue weighted by molar-refractivity contribution is -0.137. The van der Waals surface area contributed by atoms with Gasteiger partial charge in [0.2, 0.25) is 5.91 Å². The molecule has 156 valence electrons. The fraction of sp³-hybridized carbons (Fsp3) is 0.292. The molecule has 1 N–H and O–H groups in total. The normalized spacial score (nSPS) is 15.5. The number of amides is 1. The highest BCUT2D eigenvalue weighted by Crippen LogP contribution is 2.38. The third-order valence-corrected chi connectivity index (χ3v) is 6.41. The Bertz CT molecular complexity index is 1000. The molecule has 0 radical (unpaired) electrons. The van der Waals surface area contributed by atoms with Crippen LogP contribution >= 0.6 is 11.3 Å². The lowest BCUT2D eigenvalue weighted by atomic mass is 9.93. The van der Waals surface area contributed by atoms with Crippen LogP contribution in [0.4, 0.5) is 5.69 Å². The van der Waals surface area contributed by atoms with Crippen molar-refractivity contribution in [2.75, 3.05) is 32.7 Å². The summed E-state index contributed by atoms with van der Waals surface area (Å²) in [4.78, 5) is 16.0. The minimum absolute atomic E-state index is 0.0274. The summed E-state index contributed by atoms with van der Waals surface area (Å²) >= 11 is 1.77. The molecule has 2 heterocycles. The van der Waals surface area contributed by atoms with E-state index >= 15 is 0 Å². The van der Waals surface area contributed by atoms with E-state index < -0.39 is 0 Å². The fourth-order valence-corrected chi connectivity index (χ4v) is 4.82. The number of nitrogens with one attached hydrogen (secondary N) is 1. The highest BCUT2D eigenvalue weighted by atomic mass is 32.1. The van der Waals surface area contributed by atoms with E-state index in [1.165, 1.54) is 10.4 Å². The van der Waals surface area contributed by atoms with Crippen LogP contribution in [0.2, 0.25) is 0 Å². The van der Waals surface area contributed by atoms with Crippen LogP contribution in [0.5, 0.6) is 5.75 Å². The van der Waals surface area contributed by atoms with Gasteiger partial charge in [0, 0.05) is 30.8 Å². The number of ether oxygens (including phenoxy) is 2. The van der Waals surface area contributed by atoms with Crippen molar-refractivity contribution in [1.29, 1.82) is 0 Å². The zero-order valence-electron chi connectivity index (χ0n) is 17.3. The number of rotatable bonds is 7. The van der Waals surface area contributed by atoms with Gasteiger partial charge in [-0.15, -0.1) is 11.3 Å². The van der Waals surface area contributed by atoms with Gasteiger partial charge in [-0.1, -0.05) is 24.3 Å². The van der Waals surface area contributed by atoms with Gasteiger partial charge in [0.05, 0.1) is 13.2 Å². The summed E-state index contributed by atoms with van der Waals surface area (Å²) < 4.78 is 10.4. The molecule has 1 aliphatic heterocycles. The molecule has 5 nitrogen and oxygen atoms in total. The van der Waals surface area contributed by atoms with Gasteiger partial charge in [-0.05, 0) is 58.8 Å². The molecule has 6 heteroatoms. The third kappa shape index (κ3) is 4.35. The highest BCUT2D eigenvalue weighted by molar-refractivity contribution is 7.10. The first-order valence-corrected chi connectivity index (χ1v) is 10.9. The number of thiophene rings is 1. The van der Waals surface area contributed by atoms with Crippen LogP contribution in [-0.4, -0.2) is 38.2 Å². The molecule has 0 aliphatic carbocycles. The van der Waals surface area contributed by atoms with E-state index in [0.717, 1.165) is 35.5 Å². The first-order chi connectivity index (χ1) is 14.7. The number of anilines is 1. The number of nitrogens with zero attached hydrogens (tertiary/aromatic N) is 1. The smallest absolute Gasteiger partial charge is 0.249 e. The molecule has 0 unspecified atom stereocenters. The maximum absolute atomic E-state index is 12.7. The molecule has 4 rings (SSSR count). The first-order valence-electron chi connectivity index (χ1n) is 10.0. The number of hydrogen-bond donors (Lipinski definition) is 1. The van der Waals surface area contributed by atoms with Crippen molar-refractivity contribution in [3.05, 3.63) is 81.5 Å². The molecule has 0 bridgehead atoms. The molecule has 0 fully saturated rings.